The number of nitrogens with zero attached hydrogens (tertiary/aromatic N) is 4. The molecule has 0 saturated carbocycles. The van der Waals surface area contributed by atoms with Crippen LogP contribution in [-0.4, -0.2) is 89.5 Å². The fraction of sp³-hybridized carbons (Fsp3) is 0.415. The Morgan fingerprint density at radius 1 is 0.981 bits per heavy atom. The lowest BCUT2D eigenvalue weighted by Gasteiger charge is -2.40. The Labute approximate surface area is 319 Å². The number of anilines is 1. The van der Waals surface area contributed by atoms with Crippen molar-refractivity contribution in [2.45, 2.75) is 63.1 Å². The molecule has 13 heteroatoms. The average molecular weight is 757 g/mol. The summed E-state index contributed by atoms with van der Waals surface area (Å²) in [7, 11) is 5.12. The molecule has 3 aliphatic rings. The number of fused-ring (bicyclic) bond motifs is 1. The molecule has 54 heavy (non-hydrogen) atoms. The van der Waals surface area contributed by atoms with Crippen molar-refractivity contribution in [1.29, 1.82) is 0 Å². The molecular weight excluding hydrogens is 711 g/mol. The quantitative estimate of drug-likeness (QED) is 0.208. The first-order chi connectivity index (χ1) is 26.0. The summed E-state index contributed by atoms with van der Waals surface area (Å²) in [5.41, 5.74) is 3.54. The SMILES string of the molecule is COc1cc(-c2cn(C)c(=O)c3ccccc23)cc(F)c1CN1CCC(N(C)C(=O)N2CCC(c3ccc(NC4CCC(=O)NC4=O)cc3Cl)CC2)CC1. The predicted molar refractivity (Wildman–Crippen MR) is 207 cm³/mol. The molecule has 0 spiro atoms. The number of halogens is 2. The molecule has 11 nitrogen and oxygen atoms in total. The number of carbonyl (C=O) groups is 3. The second-order valence-corrected chi connectivity index (χ2v) is 15.1. The van der Waals surface area contributed by atoms with Crippen LogP contribution < -0.4 is 20.9 Å². The first kappa shape index (κ1) is 37.4. The van der Waals surface area contributed by atoms with Crippen LogP contribution in [0.2, 0.25) is 5.02 Å². The first-order valence-electron chi connectivity index (χ1n) is 18.6. The van der Waals surface area contributed by atoms with Crippen LogP contribution in [0.3, 0.4) is 0 Å². The highest BCUT2D eigenvalue weighted by atomic mass is 35.5. The molecule has 3 aromatic carbocycles. The van der Waals surface area contributed by atoms with Gasteiger partial charge in [-0.15, -0.1) is 0 Å². The Kier molecular flexibility index (Phi) is 10.9. The highest BCUT2D eigenvalue weighted by Gasteiger charge is 2.32. The number of hydrogen-bond acceptors (Lipinski definition) is 7. The van der Waals surface area contributed by atoms with Crippen LogP contribution in [-0.2, 0) is 23.2 Å². The molecule has 1 atom stereocenters. The van der Waals surface area contributed by atoms with E-state index >= 15 is 4.39 Å². The molecule has 0 bridgehead atoms. The highest BCUT2D eigenvalue weighted by Crippen LogP contribution is 2.36. The highest BCUT2D eigenvalue weighted by molar-refractivity contribution is 6.31. The van der Waals surface area contributed by atoms with Gasteiger partial charge in [-0.25, -0.2) is 9.18 Å². The van der Waals surface area contributed by atoms with Gasteiger partial charge in [-0.2, -0.15) is 0 Å². The number of likely N-dealkylation sites (tertiary alicyclic amines) is 2. The lowest BCUT2D eigenvalue weighted by molar-refractivity contribution is -0.133. The molecule has 1 unspecified atom stereocenters. The van der Waals surface area contributed by atoms with E-state index in [4.69, 9.17) is 16.3 Å². The van der Waals surface area contributed by atoms with Gasteiger partial charge in [0.2, 0.25) is 11.8 Å². The zero-order valence-corrected chi connectivity index (χ0v) is 31.6. The number of aryl methyl sites for hydroxylation is 1. The lowest BCUT2D eigenvalue weighted by atomic mass is 9.89. The van der Waals surface area contributed by atoms with Crippen molar-refractivity contribution < 1.29 is 23.5 Å². The number of rotatable bonds is 8. The fourth-order valence-electron chi connectivity index (χ4n) is 8.18. The number of amides is 4. The van der Waals surface area contributed by atoms with E-state index in [0.717, 1.165) is 47.9 Å². The zero-order valence-electron chi connectivity index (χ0n) is 30.9. The van der Waals surface area contributed by atoms with E-state index in [1.807, 2.05) is 59.3 Å². The van der Waals surface area contributed by atoms with Gasteiger partial charge in [-0.05, 0) is 84.9 Å². The summed E-state index contributed by atoms with van der Waals surface area (Å²) in [5, 5.41) is 7.50. The minimum atomic E-state index is -0.478. The predicted octanol–water partition coefficient (Wildman–Crippen LogP) is 6.12. The van der Waals surface area contributed by atoms with Crippen molar-refractivity contribution in [2.24, 2.45) is 7.05 Å². The normalized spacial score (nSPS) is 18.8. The average Bonchev–Trinajstić information content (AvgIpc) is 3.18. The van der Waals surface area contributed by atoms with Gasteiger partial charge in [0.05, 0.1) is 7.11 Å². The summed E-state index contributed by atoms with van der Waals surface area (Å²) in [5.74, 6) is -0.266. The van der Waals surface area contributed by atoms with Crippen molar-refractivity contribution in [3.05, 3.63) is 93.1 Å². The third kappa shape index (κ3) is 7.67. The van der Waals surface area contributed by atoms with Crippen molar-refractivity contribution in [3.63, 3.8) is 0 Å². The molecule has 0 radical (unpaired) electrons. The summed E-state index contributed by atoms with van der Waals surface area (Å²) in [6.07, 6.45) is 5.62. The molecule has 3 aliphatic heterocycles. The second kappa shape index (κ2) is 15.8. The number of methoxy groups -OCH3 is 1. The molecule has 1 aromatic heterocycles. The maximum absolute atomic E-state index is 15.9. The summed E-state index contributed by atoms with van der Waals surface area (Å²) in [6.45, 7) is 3.07. The first-order valence-corrected chi connectivity index (χ1v) is 19.0. The minimum absolute atomic E-state index is 0.0241. The number of aromatic nitrogens is 1. The van der Waals surface area contributed by atoms with Crippen LogP contribution in [0.5, 0.6) is 5.75 Å². The minimum Gasteiger partial charge on any atom is -0.496 e. The van der Waals surface area contributed by atoms with Gasteiger partial charge in [0, 0.05) is 92.7 Å². The molecule has 284 valence electrons. The van der Waals surface area contributed by atoms with Crippen LogP contribution in [0.1, 0.15) is 55.6 Å². The van der Waals surface area contributed by atoms with Gasteiger partial charge < -0.3 is 24.4 Å². The van der Waals surface area contributed by atoms with Crippen molar-refractivity contribution in [1.82, 2.24) is 24.6 Å². The second-order valence-electron chi connectivity index (χ2n) is 14.7. The third-order valence-electron chi connectivity index (χ3n) is 11.4. The summed E-state index contributed by atoms with van der Waals surface area (Å²) in [4.78, 5) is 56.0. The van der Waals surface area contributed by atoms with E-state index in [0.29, 0.717) is 72.9 Å². The summed E-state index contributed by atoms with van der Waals surface area (Å²) < 4.78 is 23.1. The maximum Gasteiger partial charge on any atom is 0.319 e. The molecule has 4 aromatic rings. The molecule has 4 heterocycles. The monoisotopic (exact) mass is 756 g/mol. The topological polar surface area (TPSA) is 116 Å². The Morgan fingerprint density at radius 3 is 2.39 bits per heavy atom. The van der Waals surface area contributed by atoms with Gasteiger partial charge in [-0.1, -0.05) is 35.9 Å². The number of piperidine rings is 3. The molecule has 2 N–H and O–H groups in total. The molecular formula is C41H46ClFN6O5. The van der Waals surface area contributed by atoms with Gasteiger partial charge in [-0.3, -0.25) is 24.6 Å². The van der Waals surface area contributed by atoms with Gasteiger partial charge in [0.15, 0.2) is 0 Å². The maximum atomic E-state index is 15.9. The summed E-state index contributed by atoms with van der Waals surface area (Å²) in [6, 6.07) is 16.1. The molecule has 4 amide bonds. The van der Waals surface area contributed by atoms with Crippen molar-refractivity contribution >= 4 is 45.9 Å². The van der Waals surface area contributed by atoms with Crippen LogP contribution in [0.4, 0.5) is 14.9 Å². The van der Waals surface area contributed by atoms with E-state index in [9.17, 15) is 19.2 Å². The lowest BCUT2D eigenvalue weighted by Crippen LogP contribution is -2.51. The number of urea groups is 1. The largest absolute Gasteiger partial charge is 0.496 e. The van der Waals surface area contributed by atoms with Gasteiger partial charge in [0.1, 0.15) is 17.6 Å². The Morgan fingerprint density at radius 2 is 1.70 bits per heavy atom. The smallest absolute Gasteiger partial charge is 0.319 e. The fourth-order valence-corrected chi connectivity index (χ4v) is 8.51. The zero-order chi connectivity index (χ0) is 38.1. The third-order valence-corrected chi connectivity index (χ3v) is 11.7. The van der Waals surface area contributed by atoms with Crippen LogP contribution in [0, 0.1) is 5.82 Å². The van der Waals surface area contributed by atoms with E-state index in [1.165, 1.54) is 10.6 Å². The van der Waals surface area contributed by atoms with E-state index in [-0.39, 0.29) is 41.2 Å². The number of carbonyl (C=O) groups excluding carboxylic acids is 3. The number of nitrogens with one attached hydrogen (secondary N) is 2. The molecule has 7 rings (SSSR count). The van der Waals surface area contributed by atoms with Crippen LogP contribution in [0.25, 0.3) is 21.9 Å². The van der Waals surface area contributed by atoms with Crippen LogP contribution >= 0.6 is 11.6 Å². The van der Waals surface area contributed by atoms with E-state index in [2.05, 4.69) is 15.5 Å². The van der Waals surface area contributed by atoms with Gasteiger partial charge >= 0.3 is 6.03 Å². The Balaban J connectivity index is 0.923. The standard InChI is InChI=1S/C41H46ClFN6O5/c1-46-23-32(30-6-4-5-7-31(30)40(46)52)26-20-35(43)33(37(21-26)54-3)24-48-16-14-28(15-17-48)47(2)41(53)49-18-12-25(13-19-49)29-9-8-27(22-34(29)42)44-36-10-11-38(50)45-39(36)51/h4-9,20-23,25,28,36,44H,10-19,24H2,1-3H3,(H,45,50,51). The van der Waals surface area contributed by atoms with Crippen LogP contribution in [0.15, 0.2) is 65.6 Å². The number of pyridine rings is 1. The Hall–Kier alpha value is -4.94. The molecule has 0 aliphatic carbocycles. The molecule has 3 fully saturated rings. The molecule has 3 saturated heterocycles. The Bertz CT molecular complexity index is 2140. The number of hydrogen-bond donors (Lipinski definition) is 2. The number of imide groups is 1. The van der Waals surface area contributed by atoms with E-state index in [1.54, 1.807) is 26.4 Å². The van der Waals surface area contributed by atoms with Crippen molar-refractivity contribution in [3.8, 4) is 16.9 Å². The van der Waals surface area contributed by atoms with Crippen molar-refractivity contribution in [2.75, 3.05) is 45.7 Å². The van der Waals surface area contributed by atoms with Gasteiger partial charge in [0.25, 0.3) is 5.56 Å². The van der Waals surface area contributed by atoms with E-state index < -0.39 is 6.04 Å². The summed E-state index contributed by atoms with van der Waals surface area (Å²) >= 11 is 6.72. The number of ether oxygens (including phenoxy) is 1. The number of benzene rings is 3.